The summed E-state index contributed by atoms with van der Waals surface area (Å²) in [6.07, 6.45) is 2.65. The van der Waals surface area contributed by atoms with Crippen LogP contribution >= 0.6 is 11.3 Å². The van der Waals surface area contributed by atoms with E-state index in [2.05, 4.69) is 50.0 Å². The van der Waals surface area contributed by atoms with Crippen LogP contribution in [-0.4, -0.2) is 4.98 Å². The third kappa shape index (κ3) is 2.98. The summed E-state index contributed by atoms with van der Waals surface area (Å²) in [6.45, 7) is 6.67. The van der Waals surface area contributed by atoms with Crippen LogP contribution in [0.3, 0.4) is 0 Å². The molecule has 0 bridgehead atoms. The minimum absolute atomic E-state index is 0.0200. The molecule has 0 amide bonds. The average Bonchev–Trinajstić information content (AvgIpc) is 2.80. The van der Waals surface area contributed by atoms with E-state index in [-0.39, 0.29) is 11.5 Å². The summed E-state index contributed by atoms with van der Waals surface area (Å²) >= 11 is 1.67. The Bertz CT molecular complexity index is 497. The lowest BCUT2D eigenvalue weighted by Gasteiger charge is -2.25. The Kier molecular flexibility index (Phi) is 3.83. The number of hydrogen-bond donors (Lipinski definition) is 1. The van der Waals surface area contributed by atoms with Crippen molar-refractivity contribution in [3.63, 3.8) is 0 Å². The topological polar surface area (TPSA) is 38.9 Å². The first-order chi connectivity index (χ1) is 8.48. The fourth-order valence-corrected chi connectivity index (χ4v) is 2.83. The SMILES string of the molecule is CC(C)(C)c1ccccc1C(N)Cc1nccs1. The van der Waals surface area contributed by atoms with E-state index in [1.165, 1.54) is 11.1 Å². The van der Waals surface area contributed by atoms with Crippen molar-refractivity contribution in [2.45, 2.75) is 38.6 Å². The molecule has 0 saturated carbocycles. The highest BCUT2D eigenvalue weighted by Crippen LogP contribution is 2.30. The summed E-state index contributed by atoms with van der Waals surface area (Å²) in [4.78, 5) is 4.31. The molecular formula is C15H20N2S. The van der Waals surface area contributed by atoms with Crippen LogP contribution in [0.25, 0.3) is 0 Å². The van der Waals surface area contributed by atoms with Crippen molar-refractivity contribution < 1.29 is 0 Å². The van der Waals surface area contributed by atoms with Crippen molar-refractivity contribution in [3.8, 4) is 0 Å². The Morgan fingerprint density at radius 1 is 1.28 bits per heavy atom. The van der Waals surface area contributed by atoms with Gasteiger partial charge in [-0.25, -0.2) is 4.98 Å². The Balaban J connectivity index is 2.27. The van der Waals surface area contributed by atoms with E-state index in [0.29, 0.717) is 0 Å². The number of hydrogen-bond acceptors (Lipinski definition) is 3. The average molecular weight is 260 g/mol. The summed E-state index contributed by atoms with van der Waals surface area (Å²) in [6, 6.07) is 8.48. The quantitative estimate of drug-likeness (QED) is 0.914. The maximum Gasteiger partial charge on any atom is 0.0943 e. The van der Waals surface area contributed by atoms with Crippen LogP contribution in [0.15, 0.2) is 35.8 Å². The molecule has 1 unspecified atom stereocenters. The van der Waals surface area contributed by atoms with Crippen LogP contribution < -0.4 is 5.73 Å². The summed E-state index contributed by atoms with van der Waals surface area (Å²) in [5.74, 6) is 0. The first kappa shape index (κ1) is 13.2. The molecule has 0 aliphatic heterocycles. The lowest BCUT2D eigenvalue weighted by atomic mass is 9.81. The zero-order chi connectivity index (χ0) is 13.2. The van der Waals surface area contributed by atoms with E-state index in [1.807, 2.05) is 11.6 Å². The van der Waals surface area contributed by atoms with Gasteiger partial charge in [-0.15, -0.1) is 11.3 Å². The third-order valence-electron chi connectivity index (χ3n) is 3.05. The Morgan fingerprint density at radius 3 is 2.61 bits per heavy atom. The first-order valence-electron chi connectivity index (χ1n) is 6.22. The molecule has 18 heavy (non-hydrogen) atoms. The number of benzene rings is 1. The lowest BCUT2D eigenvalue weighted by molar-refractivity contribution is 0.568. The molecule has 1 heterocycles. The van der Waals surface area contributed by atoms with Gasteiger partial charge < -0.3 is 5.73 Å². The van der Waals surface area contributed by atoms with Gasteiger partial charge in [0.2, 0.25) is 0 Å². The van der Waals surface area contributed by atoms with Gasteiger partial charge in [-0.3, -0.25) is 0 Å². The molecule has 0 fully saturated rings. The Hall–Kier alpha value is -1.19. The fraction of sp³-hybridized carbons (Fsp3) is 0.400. The van der Waals surface area contributed by atoms with Crippen molar-refractivity contribution in [2.75, 3.05) is 0 Å². The highest BCUT2D eigenvalue weighted by Gasteiger charge is 2.21. The standard InChI is InChI=1S/C15H20N2S/c1-15(2,3)12-7-5-4-6-11(12)13(16)10-14-17-8-9-18-14/h4-9,13H,10,16H2,1-3H3. The molecule has 1 aromatic heterocycles. The number of aromatic nitrogens is 1. The zero-order valence-corrected chi connectivity index (χ0v) is 12.0. The van der Waals surface area contributed by atoms with Crippen molar-refractivity contribution in [1.29, 1.82) is 0 Å². The van der Waals surface area contributed by atoms with Crippen molar-refractivity contribution in [1.82, 2.24) is 4.98 Å². The first-order valence-corrected chi connectivity index (χ1v) is 7.10. The monoisotopic (exact) mass is 260 g/mol. The molecule has 2 nitrogen and oxygen atoms in total. The smallest absolute Gasteiger partial charge is 0.0943 e. The van der Waals surface area contributed by atoms with E-state index in [9.17, 15) is 0 Å². The highest BCUT2D eigenvalue weighted by molar-refractivity contribution is 7.09. The van der Waals surface area contributed by atoms with E-state index < -0.39 is 0 Å². The molecule has 1 atom stereocenters. The summed E-state index contributed by atoms with van der Waals surface area (Å²) in [5.41, 5.74) is 9.04. The van der Waals surface area contributed by atoms with Crippen LogP contribution in [0.1, 0.15) is 42.9 Å². The molecule has 2 N–H and O–H groups in total. The molecule has 0 radical (unpaired) electrons. The van der Waals surface area contributed by atoms with Gasteiger partial charge in [0.15, 0.2) is 0 Å². The third-order valence-corrected chi connectivity index (χ3v) is 3.85. The summed E-state index contributed by atoms with van der Waals surface area (Å²) < 4.78 is 0. The second kappa shape index (κ2) is 5.21. The molecule has 2 aromatic rings. The van der Waals surface area contributed by atoms with Gasteiger partial charge in [0.25, 0.3) is 0 Å². The maximum atomic E-state index is 6.35. The van der Waals surface area contributed by atoms with E-state index in [1.54, 1.807) is 11.3 Å². The molecule has 1 aromatic carbocycles. The van der Waals surface area contributed by atoms with Gasteiger partial charge in [0.1, 0.15) is 0 Å². The second-order valence-corrected chi connectivity index (χ2v) is 6.55. The molecular weight excluding hydrogens is 240 g/mol. The largest absolute Gasteiger partial charge is 0.324 e. The Morgan fingerprint density at radius 2 is 2.00 bits per heavy atom. The molecule has 96 valence electrons. The van der Waals surface area contributed by atoms with Crippen molar-refractivity contribution >= 4 is 11.3 Å². The number of thiazole rings is 1. The minimum Gasteiger partial charge on any atom is -0.324 e. The van der Waals surface area contributed by atoms with Gasteiger partial charge >= 0.3 is 0 Å². The Labute approximate surface area is 113 Å². The van der Waals surface area contributed by atoms with Gasteiger partial charge in [0, 0.05) is 24.0 Å². The van der Waals surface area contributed by atoms with Crippen LogP contribution in [0.2, 0.25) is 0 Å². The highest BCUT2D eigenvalue weighted by atomic mass is 32.1. The van der Waals surface area contributed by atoms with E-state index in [4.69, 9.17) is 5.73 Å². The second-order valence-electron chi connectivity index (χ2n) is 5.57. The van der Waals surface area contributed by atoms with Crippen LogP contribution in [-0.2, 0) is 11.8 Å². The molecule has 0 aliphatic rings. The zero-order valence-electron chi connectivity index (χ0n) is 11.2. The van der Waals surface area contributed by atoms with Gasteiger partial charge in [-0.05, 0) is 16.5 Å². The predicted molar refractivity (Wildman–Crippen MR) is 77.9 cm³/mol. The van der Waals surface area contributed by atoms with Crippen LogP contribution in [0.4, 0.5) is 0 Å². The summed E-state index contributed by atoms with van der Waals surface area (Å²) in [7, 11) is 0. The maximum absolute atomic E-state index is 6.35. The van der Waals surface area contributed by atoms with Crippen LogP contribution in [0.5, 0.6) is 0 Å². The fourth-order valence-electron chi connectivity index (χ4n) is 2.16. The molecule has 3 heteroatoms. The van der Waals surface area contributed by atoms with Gasteiger partial charge in [-0.1, -0.05) is 45.0 Å². The molecule has 0 saturated heterocycles. The van der Waals surface area contributed by atoms with E-state index in [0.717, 1.165) is 11.4 Å². The molecule has 2 rings (SSSR count). The number of nitrogens with zero attached hydrogens (tertiary/aromatic N) is 1. The normalized spacial score (nSPS) is 13.6. The number of nitrogens with two attached hydrogens (primary N) is 1. The van der Waals surface area contributed by atoms with Crippen molar-refractivity contribution in [3.05, 3.63) is 52.0 Å². The number of rotatable bonds is 3. The molecule has 0 spiro atoms. The van der Waals surface area contributed by atoms with E-state index >= 15 is 0 Å². The minimum atomic E-state index is 0.0200. The molecule has 0 aliphatic carbocycles. The lowest BCUT2D eigenvalue weighted by Crippen LogP contribution is -2.21. The van der Waals surface area contributed by atoms with Gasteiger partial charge in [0.05, 0.1) is 5.01 Å². The summed E-state index contributed by atoms with van der Waals surface area (Å²) in [5, 5.41) is 3.10. The van der Waals surface area contributed by atoms with Crippen molar-refractivity contribution in [2.24, 2.45) is 5.73 Å². The van der Waals surface area contributed by atoms with Crippen LogP contribution in [0, 0.1) is 0 Å². The predicted octanol–water partition coefficient (Wildman–Crippen LogP) is 3.68. The van der Waals surface area contributed by atoms with Gasteiger partial charge in [-0.2, -0.15) is 0 Å².